The Bertz CT molecular complexity index is 464. The monoisotopic (exact) mass is 263 g/mol. The van der Waals surface area contributed by atoms with Crippen LogP contribution in [0.15, 0.2) is 42.2 Å². The van der Waals surface area contributed by atoms with E-state index in [1.54, 1.807) is 7.11 Å². The summed E-state index contributed by atoms with van der Waals surface area (Å²) in [6.45, 7) is 0.537. The van der Waals surface area contributed by atoms with E-state index in [0.717, 1.165) is 29.1 Å². The molecule has 1 aromatic rings. The van der Waals surface area contributed by atoms with Crippen LogP contribution in [0.2, 0.25) is 0 Å². The van der Waals surface area contributed by atoms with Crippen LogP contribution in [-0.4, -0.2) is 7.11 Å². The van der Waals surface area contributed by atoms with Gasteiger partial charge in [0.2, 0.25) is 0 Å². The van der Waals surface area contributed by atoms with E-state index in [1.807, 2.05) is 30.4 Å². The van der Waals surface area contributed by atoms with E-state index >= 15 is 0 Å². The Morgan fingerprint density at radius 1 is 1.33 bits per heavy atom. The van der Waals surface area contributed by atoms with Crippen LogP contribution in [0.4, 0.5) is 0 Å². The molecule has 0 aliphatic heterocycles. The Hall–Kier alpha value is -1.41. The van der Waals surface area contributed by atoms with E-state index in [0.29, 0.717) is 12.5 Å². The molecule has 0 spiro atoms. The van der Waals surface area contributed by atoms with Gasteiger partial charge in [-0.2, -0.15) is 0 Å². The van der Waals surface area contributed by atoms with Crippen molar-refractivity contribution < 1.29 is 9.47 Å². The summed E-state index contributed by atoms with van der Waals surface area (Å²) in [5.74, 6) is 2.18. The molecule has 18 heavy (non-hydrogen) atoms. The number of hydrogen-bond acceptors (Lipinski definition) is 2. The number of alkyl halides is 1. The summed E-state index contributed by atoms with van der Waals surface area (Å²) in [6.07, 6.45) is 9.05. The van der Waals surface area contributed by atoms with Gasteiger partial charge in [-0.15, -0.1) is 11.6 Å². The maximum absolute atomic E-state index is 5.83. The fourth-order valence-corrected chi connectivity index (χ4v) is 1.98. The van der Waals surface area contributed by atoms with Crippen molar-refractivity contribution in [2.75, 3.05) is 7.11 Å². The molecule has 0 fully saturated rings. The van der Waals surface area contributed by atoms with Crippen molar-refractivity contribution in [2.24, 2.45) is 0 Å². The van der Waals surface area contributed by atoms with Crippen LogP contribution in [0, 0.1) is 6.42 Å². The fraction of sp³-hybridized carbons (Fsp3) is 0.267. The second-order valence-electron chi connectivity index (χ2n) is 4.01. The van der Waals surface area contributed by atoms with Gasteiger partial charge in [-0.25, -0.2) is 0 Å². The zero-order valence-electron chi connectivity index (χ0n) is 10.4. The van der Waals surface area contributed by atoms with Crippen molar-refractivity contribution in [3.63, 3.8) is 0 Å². The lowest BCUT2D eigenvalue weighted by atomic mass is 10.1. The molecule has 0 saturated heterocycles. The Labute approximate surface area is 113 Å². The van der Waals surface area contributed by atoms with Crippen molar-refractivity contribution in [2.45, 2.75) is 18.9 Å². The molecule has 3 heteroatoms. The molecule has 1 aliphatic carbocycles. The Kier molecular flexibility index (Phi) is 4.71. The zero-order chi connectivity index (χ0) is 12.8. The van der Waals surface area contributed by atoms with Gasteiger partial charge in [-0.05, 0) is 24.1 Å². The average Bonchev–Trinajstić information content (AvgIpc) is 2.45. The number of methoxy groups -OCH3 is 1. The van der Waals surface area contributed by atoms with Gasteiger partial charge in [-0.1, -0.05) is 24.3 Å². The SMILES string of the molecule is COc1cc(COC2=CC=CC[CH]2)ccc1CCl. The lowest BCUT2D eigenvalue weighted by molar-refractivity contribution is 0.203. The molecule has 2 nitrogen and oxygen atoms in total. The normalized spacial score (nSPS) is 14.2. The predicted octanol–water partition coefficient (Wildman–Crippen LogP) is 4.00. The fourth-order valence-electron chi connectivity index (χ4n) is 1.76. The first kappa shape index (κ1) is 13.0. The third kappa shape index (κ3) is 3.30. The molecule has 0 amide bonds. The third-order valence-electron chi connectivity index (χ3n) is 2.75. The summed E-state index contributed by atoms with van der Waals surface area (Å²) in [7, 11) is 1.65. The predicted molar refractivity (Wildman–Crippen MR) is 73.5 cm³/mol. The minimum absolute atomic E-state index is 0.452. The van der Waals surface area contributed by atoms with Crippen molar-refractivity contribution >= 4 is 11.6 Å². The van der Waals surface area contributed by atoms with Gasteiger partial charge < -0.3 is 9.47 Å². The first-order chi connectivity index (χ1) is 8.83. The number of rotatable bonds is 5. The number of benzene rings is 1. The van der Waals surface area contributed by atoms with Gasteiger partial charge in [0.15, 0.2) is 0 Å². The first-order valence-corrected chi connectivity index (χ1v) is 6.41. The highest BCUT2D eigenvalue weighted by molar-refractivity contribution is 6.17. The van der Waals surface area contributed by atoms with Crippen LogP contribution >= 0.6 is 11.6 Å². The van der Waals surface area contributed by atoms with E-state index in [-0.39, 0.29) is 0 Å². The number of hydrogen-bond donors (Lipinski definition) is 0. The molecular weight excluding hydrogens is 248 g/mol. The molecule has 0 bridgehead atoms. The third-order valence-corrected chi connectivity index (χ3v) is 3.04. The van der Waals surface area contributed by atoms with Gasteiger partial charge in [0.1, 0.15) is 18.1 Å². The molecule has 1 radical (unpaired) electrons. The van der Waals surface area contributed by atoms with Gasteiger partial charge >= 0.3 is 0 Å². The summed E-state index contributed by atoms with van der Waals surface area (Å²) in [6, 6.07) is 5.96. The van der Waals surface area contributed by atoms with Gasteiger partial charge in [0, 0.05) is 12.0 Å². The topological polar surface area (TPSA) is 18.5 Å². The molecule has 0 unspecified atom stereocenters. The Morgan fingerprint density at radius 2 is 2.22 bits per heavy atom. The number of ether oxygens (including phenoxy) is 2. The zero-order valence-corrected chi connectivity index (χ0v) is 11.1. The largest absolute Gasteiger partial charge is 0.496 e. The highest BCUT2D eigenvalue weighted by Crippen LogP contribution is 2.23. The summed E-state index contributed by atoms with van der Waals surface area (Å²) < 4.78 is 11.0. The molecule has 1 aromatic carbocycles. The van der Waals surface area contributed by atoms with E-state index in [9.17, 15) is 0 Å². The van der Waals surface area contributed by atoms with E-state index in [1.165, 1.54) is 0 Å². The molecule has 1 aliphatic rings. The molecule has 0 saturated carbocycles. The van der Waals surface area contributed by atoms with Gasteiger partial charge in [-0.3, -0.25) is 0 Å². The molecule has 0 heterocycles. The first-order valence-electron chi connectivity index (χ1n) is 5.88. The average molecular weight is 264 g/mol. The Balaban J connectivity index is 2.01. The number of halogens is 1. The molecular formula is C15H16ClO2. The minimum Gasteiger partial charge on any atom is -0.496 e. The van der Waals surface area contributed by atoms with Crippen LogP contribution in [0.25, 0.3) is 0 Å². The maximum Gasteiger partial charge on any atom is 0.123 e. The minimum atomic E-state index is 0.452. The second-order valence-corrected chi connectivity index (χ2v) is 4.27. The Morgan fingerprint density at radius 3 is 2.89 bits per heavy atom. The summed E-state index contributed by atoms with van der Waals surface area (Å²) in [5, 5.41) is 0. The summed E-state index contributed by atoms with van der Waals surface area (Å²) in [5.41, 5.74) is 2.07. The van der Waals surface area contributed by atoms with Crippen LogP contribution in [0.3, 0.4) is 0 Å². The van der Waals surface area contributed by atoms with Crippen molar-refractivity contribution in [1.82, 2.24) is 0 Å². The highest BCUT2D eigenvalue weighted by Gasteiger charge is 2.05. The molecule has 2 rings (SSSR count). The molecule has 0 aromatic heterocycles. The van der Waals surface area contributed by atoms with Crippen LogP contribution in [-0.2, 0) is 17.2 Å². The van der Waals surface area contributed by atoms with Crippen molar-refractivity contribution in [1.29, 1.82) is 0 Å². The maximum atomic E-state index is 5.83. The number of allylic oxidation sites excluding steroid dienone is 4. The van der Waals surface area contributed by atoms with E-state index in [2.05, 4.69) is 12.5 Å². The summed E-state index contributed by atoms with van der Waals surface area (Å²) >= 11 is 5.83. The smallest absolute Gasteiger partial charge is 0.123 e. The molecule has 0 N–H and O–H groups in total. The van der Waals surface area contributed by atoms with Gasteiger partial charge in [0.25, 0.3) is 0 Å². The lowest BCUT2D eigenvalue weighted by Crippen LogP contribution is -1.98. The van der Waals surface area contributed by atoms with Crippen molar-refractivity contribution in [3.8, 4) is 5.75 Å². The standard InChI is InChI=1S/C15H16ClO2/c1-17-15-9-12(7-8-13(15)10-16)11-18-14-5-3-2-4-6-14/h2-3,5-9H,4,10-11H2,1H3. The highest BCUT2D eigenvalue weighted by atomic mass is 35.5. The van der Waals surface area contributed by atoms with Crippen LogP contribution in [0.1, 0.15) is 17.5 Å². The van der Waals surface area contributed by atoms with E-state index < -0.39 is 0 Å². The lowest BCUT2D eigenvalue weighted by Gasteiger charge is -2.13. The van der Waals surface area contributed by atoms with Crippen LogP contribution in [0.5, 0.6) is 5.75 Å². The quantitative estimate of drug-likeness (QED) is 0.748. The second kappa shape index (κ2) is 6.50. The van der Waals surface area contributed by atoms with Crippen molar-refractivity contribution in [3.05, 3.63) is 59.7 Å². The van der Waals surface area contributed by atoms with Gasteiger partial charge in [0.05, 0.1) is 13.0 Å². The molecule has 0 atom stereocenters. The summed E-state index contributed by atoms with van der Waals surface area (Å²) in [4.78, 5) is 0. The van der Waals surface area contributed by atoms with Crippen LogP contribution < -0.4 is 4.74 Å². The van der Waals surface area contributed by atoms with E-state index in [4.69, 9.17) is 21.1 Å². The molecule has 95 valence electrons.